The molecule has 3 saturated carbocycles. The van der Waals surface area contributed by atoms with Gasteiger partial charge in [0.1, 0.15) is 0 Å². The molecule has 6 rings (SSSR count). The number of carbonyl (C=O) groups excluding carboxylic acids is 1. The van der Waals surface area contributed by atoms with Crippen LogP contribution in [0.2, 0.25) is 0 Å². The molecule has 3 aromatic rings. The van der Waals surface area contributed by atoms with E-state index in [9.17, 15) is 9.59 Å². The molecule has 0 aliphatic heterocycles. The van der Waals surface area contributed by atoms with Crippen LogP contribution >= 0.6 is 0 Å². The molecule has 2 heterocycles. The summed E-state index contributed by atoms with van der Waals surface area (Å²) in [5, 5.41) is 9.48. The highest BCUT2D eigenvalue weighted by Gasteiger charge is 2.58. The van der Waals surface area contributed by atoms with Crippen molar-refractivity contribution in [2.75, 3.05) is 0 Å². The molecular weight excluding hydrogens is 304 g/mol. The fourth-order valence-electron chi connectivity index (χ4n) is 4.02. The molecule has 0 atom stereocenters. The molecule has 6 nitrogen and oxygen atoms in total. The standard InChI is InChI=1S/C18H16N4O2/c1-21-6-5-12-13(3-2-4-14(12)17(21)24)16(23)15-10-22(20-19-15)18-7-11(8-18)9-18/h2-6,10-11H,7-9H2,1H3. The molecule has 24 heavy (non-hydrogen) atoms. The summed E-state index contributed by atoms with van der Waals surface area (Å²) in [5.74, 6) is 0.648. The van der Waals surface area contributed by atoms with Gasteiger partial charge in [-0.05, 0) is 42.7 Å². The van der Waals surface area contributed by atoms with Gasteiger partial charge < -0.3 is 4.57 Å². The summed E-state index contributed by atoms with van der Waals surface area (Å²) in [5.41, 5.74) is 0.840. The number of rotatable bonds is 3. The largest absolute Gasteiger partial charge is 0.318 e. The number of carbonyl (C=O) groups is 1. The lowest BCUT2D eigenvalue weighted by atomic mass is 9.50. The van der Waals surface area contributed by atoms with Gasteiger partial charge in [0.15, 0.2) is 5.69 Å². The first-order valence-corrected chi connectivity index (χ1v) is 8.13. The second-order valence-electron chi connectivity index (χ2n) is 7.08. The predicted molar refractivity (Wildman–Crippen MR) is 88.0 cm³/mol. The van der Waals surface area contributed by atoms with Gasteiger partial charge in [-0.1, -0.05) is 17.3 Å². The Bertz CT molecular complexity index is 1050. The third kappa shape index (κ3) is 1.65. The van der Waals surface area contributed by atoms with Crippen LogP contribution in [0, 0.1) is 5.92 Å². The Labute approximate surface area is 137 Å². The van der Waals surface area contributed by atoms with Gasteiger partial charge in [0.05, 0.1) is 11.7 Å². The fraction of sp³-hybridized carbons (Fsp3) is 0.333. The molecule has 2 aromatic heterocycles. The smallest absolute Gasteiger partial charge is 0.258 e. The zero-order valence-electron chi connectivity index (χ0n) is 13.3. The SMILES string of the molecule is Cn1ccc2c(C(=O)c3cn(C45CC(C4)C5)nn3)cccc2c1=O. The summed E-state index contributed by atoms with van der Waals surface area (Å²) >= 11 is 0. The third-order valence-corrected chi connectivity index (χ3v) is 5.58. The quantitative estimate of drug-likeness (QED) is 0.691. The van der Waals surface area contributed by atoms with Crippen LogP contribution in [0.4, 0.5) is 0 Å². The molecular formula is C18H16N4O2. The summed E-state index contributed by atoms with van der Waals surface area (Å²) < 4.78 is 3.38. The average Bonchev–Trinajstić information content (AvgIpc) is 2.96. The highest BCUT2D eigenvalue weighted by Crippen LogP contribution is 2.61. The molecule has 0 radical (unpaired) electrons. The van der Waals surface area contributed by atoms with Crippen LogP contribution in [0.15, 0.2) is 41.5 Å². The summed E-state index contributed by atoms with van der Waals surface area (Å²) in [6.07, 6.45) is 6.88. The zero-order valence-corrected chi connectivity index (χ0v) is 13.3. The Kier molecular flexibility index (Phi) is 2.51. The van der Waals surface area contributed by atoms with Crippen LogP contribution in [0.1, 0.15) is 35.3 Å². The van der Waals surface area contributed by atoms with Crippen LogP contribution in [-0.2, 0) is 12.6 Å². The monoisotopic (exact) mass is 320 g/mol. The molecule has 0 N–H and O–H groups in total. The van der Waals surface area contributed by atoms with E-state index in [-0.39, 0.29) is 16.9 Å². The summed E-state index contributed by atoms with van der Waals surface area (Å²) in [4.78, 5) is 25.1. The summed E-state index contributed by atoms with van der Waals surface area (Å²) in [7, 11) is 1.70. The van der Waals surface area contributed by atoms with E-state index >= 15 is 0 Å². The van der Waals surface area contributed by atoms with E-state index in [2.05, 4.69) is 10.3 Å². The van der Waals surface area contributed by atoms with E-state index in [0.717, 1.165) is 25.2 Å². The van der Waals surface area contributed by atoms with Gasteiger partial charge in [-0.3, -0.25) is 9.59 Å². The van der Waals surface area contributed by atoms with Crippen LogP contribution in [0.3, 0.4) is 0 Å². The number of nitrogens with zero attached hydrogens (tertiary/aromatic N) is 4. The molecule has 3 fully saturated rings. The maximum Gasteiger partial charge on any atom is 0.258 e. The Morgan fingerprint density at radius 2 is 2.00 bits per heavy atom. The first-order valence-electron chi connectivity index (χ1n) is 8.13. The third-order valence-electron chi connectivity index (χ3n) is 5.58. The molecule has 3 aliphatic carbocycles. The van der Waals surface area contributed by atoms with Gasteiger partial charge in [0.2, 0.25) is 5.78 Å². The van der Waals surface area contributed by atoms with Crippen LogP contribution in [-0.4, -0.2) is 25.3 Å². The predicted octanol–water partition coefficient (Wildman–Crippen LogP) is 1.87. The first kappa shape index (κ1) is 13.7. The Morgan fingerprint density at radius 3 is 2.71 bits per heavy atom. The Hall–Kier alpha value is -2.76. The van der Waals surface area contributed by atoms with E-state index in [1.807, 2.05) is 4.68 Å². The van der Waals surface area contributed by atoms with Crippen molar-refractivity contribution in [2.45, 2.75) is 24.8 Å². The number of aromatic nitrogens is 4. The zero-order chi connectivity index (χ0) is 16.5. The number of aryl methyl sites for hydroxylation is 1. The molecule has 3 aliphatic rings. The van der Waals surface area contributed by atoms with Crippen molar-refractivity contribution in [2.24, 2.45) is 13.0 Å². The van der Waals surface area contributed by atoms with Crippen molar-refractivity contribution in [3.8, 4) is 0 Å². The number of pyridine rings is 1. The maximum absolute atomic E-state index is 12.9. The van der Waals surface area contributed by atoms with E-state index in [1.165, 1.54) is 4.57 Å². The molecule has 6 heteroatoms. The first-order chi connectivity index (χ1) is 11.6. The second kappa shape index (κ2) is 4.41. The van der Waals surface area contributed by atoms with Crippen molar-refractivity contribution in [1.29, 1.82) is 0 Å². The lowest BCUT2D eigenvalue weighted by Gasteiger charge is -2.61. The minimum atomic E-state index is -0.188. The van der Waals surface area contributed by atoms with Gasteiger partial charge in [-0.15, -0.1) is 5.10 Å². The van der Waals surface area contributed by atoms with E-state index in [0.29, 0.717) is 22.0 Å². The fourth-order valence-corrected chi connectivity index (χ4v) is 4.02. The summed E-state index contributed by atoms with van der Waals surface area (Å²) in [6, 6.07) is 7.02. The molecule has 0 amide bonds. The van der Waals surface area contributed by atoms with Gasteiger partial charge in [0, 0.05) is 24.2 Å². The minimum absolute atomic E-state index is 0.111. The molecule has 2 bridgehead atoms. The second-order valence-corrected chi connectivity index (χ2v) is 7.08. The van der Waals surface area contributed by atoms with Gasteiger partial charge in [-0.2, -0.15) is 0 Å². The van der Waals surface area contributed by atoms with Crippen molar-refractivity contribution in [3.63, 3.8) is 0 Å². The van der Waals surface area contributed by atoms with Crippen molar-refractivity contribution in [1.82, 2.24) is 19.6 Å². The van der Waals surface area contributed by atoms with Gasteiger partial charge in [0.25, 0.3) is 5.56 Å². The van der Waals surface area contributed by atoms with E-state index < -0.39 is 0 Å². The van der Waals surface area contributed by atoms with Gasteiger partial charge in [-0.25, -0.2) is 4.68 Å². The number of hydrogen-bond donors (Lipinski definition) is 0. The molecule has 120 valence electrons. The van der Waals surface area contributed by atoms with Crippen LogP contribution in [0.5, 0.6) is 0 Å². The lowest BCUT2D eigenvalue weighted by molar-refractivity contribution is -0.0988. The topological polar surface area (TPSA) is 69.8 Å². The average molecular weight is 320 g/mol. The molecule has 1 aromatic carbocycles. The van der Waals surface area contributed by atoms with Crippen LogP contribution in [0.25, 0.3) is 10.8 Å². The highest BCUT2D eigenvalue weighted by atomic mass is 16.1. The van der Waals surface area contributed by atoms with Gasteiger partial charge >= 0.3 is 0 Å². The normalized spacial score (nSPS) is 24.5. The number of ketones is 1. The Balaban J connectivity index is 1.59. The maximum atomic E-state index is 12.9. The van der Waals surface area contributed by atoms with Crippen LogP contribution < -0.4 is 5.56 Å². The molecule has 0 saturated heterocycles. The molecule has 0 spiro atoms. The van der Waals surface area contributed by atoms with E-state index in [1.54, 1.807) is 43.7 Å². The summed E-state index contributed by atoms with van der Waals surface area (Å²) in [6.45, 7) is 0. The van der Waals surface area contributed by atoms with Crippen molar-refractivity contribution in [3.05, 3.63) is 58.3 Å². The number of hydrogen-bond acceptors (Lipinski definition) is 4. The van der Waals surface area contributed by atoms with Crippen molar-refractivity contribution < 1.29 is 4.79 Å². The molecule has 0 unspecified atom stereocenters. The lowest BCUT2D eigenvalue weighted by Crippen LogP contribution is -2.59. The van der Waals surface area contributed by atoms with E-state index in [4.69, 9.17) is 0 Å². The number of benzene rings is 1. The number of fused-ring (bicyclic) bond motifs is 1. The Morgan fingerprint density at radius 1 is 1.21 bits per heavy atom. The minimum Gasteiger partial charge on any atom is -0.318 e. The van der Waals surface area contributed by atoms with Crippen molar-refractivity contribution >= 4 is 16.6 Å². The highest BCUT2D eigenvalue weighted by molar-refractivity contribution is 6.15.